The molecule has 0 saturated heterocycles. The largest absolute Gasteiger partial charge is 0.501 e. The first-order valence-electron chi connectivity index (χ1n) is 7.06. The van der Waals surface area contributed by atoms with Gasteiger partial charge in [-0.15, -0.1) is 0 Å². The number of allylic oxidation sites excluding steroid dienone is 5. The monoisotopic (exact) mass is 264 g/mol. The molecule has 0 heterocycles. The van der Waals surface area contributed by atoms with Crippen LogP contribution in [-0.2, 0) is 4.74 Å². The summed E-state index contributed by atoms with van der Waals surface area (Å²) >= 11 is 0. The fourth-order valence-corrected chi connectivity index (χ4v) is 2.14. The Bertz CT molecular complexity index is 345. The van der Waals surface area contributed by atoms with Gasteiger partial charge in [-0.1, -0.05) is 60.3 Å². The molecule has 0 fully saturated rings. The van der Waals surface area contributed by atoms with Crippen LogP contribution in [0, 0.1) is 16.7 Å². The van der Waals surface area contributed by atoms with Crippen LogP contribution in [-0.4, -0.2) is 7.11 Å². The van der Waals surface area contributed by atoms with Crippen molar-refractivity contribution in [2.45, 2.75) is 54.9 Å². The lowest BCUT2D eigenvalue weighted by Gasteiger charge is -2.36. The van der Waals surface area contributed by atoms with Crippen LogP contribution in [0.1, 0.15) is 54.9 Å². The molecule has 110 valence electrons. The highest BCUT2D eigenvalue weighted by atomic mass is 16.5. The van der Waals surface area contributed by atoms with Gasteiger partial charge in [-0.25, -0.2) is 0 Å². The maximum Gasteiger partial charge on any atom is 0.0924 e. The van der Waals surface area contributed by atoms with Gasteiger partial charge < -0.3 is 4.74 Å². The summed E-state index contributed by atoms with van der Waals surface area (Å²) in [5.41, 5.74) is 1.82. The molecule has 0 amide bonds. The van der Waals surface area contributed by atoms with Crippen molar-refractivity contribution in [1.82, 2.24) is 0 Å². The van der Waals surface area contributed by atoms with Crippen LogP contribution < -0.4 is 0 Å². The Balaban J connectivity index is 5.39. The minimum Gasteiger partial charge on any atom is -0.501 e. The van der Waals surface area contributed by atoms with Crippen LogP contribution in [0.2, 0.25) is 0 Å². The molecule has 0 aliphatic rings. The van der Waals surface area contributed by atoms with Gasteiger partial charge in [0.1, 0.15) is 0 Å². The van der Waals surface area contributed by atoms with Gasteiger partial charge in [-0.2, -0.15) is 0 Å². The summed E-state index contributed by atoms with van der Waals surface area (Å²) in [5, 5.41) is 0. The second-order valence-electron chi connectivity index (χ2n) is 7.54. The van der Waals surface area contributed by atoms with Gasteiger partial charge in [-0.05, 0) is 41.7 Å². The Kier molecular flexibility index (Phi) is 6.62. The number of hydrogen-bond acceptors (Lipinski definition) is 1. The Morgan fingerprint density at radius 1 is 1.11 bits per heavy atom. The first-order chi connectivity index (χ1) is 8.51. The Labute approximate surface area is 120 Å². The van der Waals surface area contributed by atoms with E-state index in [1.807, 2.05) is 19.1 Å². The van der Waals surface area contributed by atoms with Crippen molar-refractivity contribution in [2.24, 2.45) is 16.7 Å². The van der Waals surface area contributed by atoms with E-state index >= 15 is 0 Å². The molecule has 0 aromatic carbocycles. The van der Waals surface area contributed by atoms with E-state index in [-0.39, 0.29) is 5.41 Å². The quantitative estimate of drug-likeness (QED) is 0.454. The highest BCUT2D eigenvalue weighted by molar-refractivity contribution is 5.27. The van der Waals surface area contributed by atoms with Crippen LogP contribution in [0.4, 0.5) is 0 Å². The van der Waals surface area contributed by atoms with E-state index in [1.165, 1.54) is 5.57 Å². The second-order valence-corrected chi connectivity index (χ2v) is 7.54. The second kappa shape index (κ2) is 6.98. The van der Waals surface area contributed by atoms with Gasteiger partial charge in [0.05, 0.1) is 12.9 Å². The number of rotatable bonds is 5. The fraction of sp³-hybridized carbons (Fsp3) is 0.667. The summed E-state index contributed by atoms with van der Waals surface area (Å²) in [5.74, 6) is 1.41. The molecule has 0 aromatic rings. The van der Waals surface area contributed by atoms with Crippen LogP contribution in [0.5, 0.6) is 0 Å². The van der Waals surface area contributed by atoms with Gasteiger partial charge in [0.2, 0.25) is 0 Å². The average molecular weight is 264 g/mol. The lowest BCUT2D eigenvalue weighted by molar-refractivity contribution is 0.199. The van der Waals surface area contributed by atoms with E-state index < -0.39 is 0 Å². The SMILES string of the molecule is C=CC(=CC=C(C)OC)C(CC(C)(C)C)C(C)(C)C. The lowest BCUT2D eigenvalue weighted by Crippen LogP contribution is -2.26. The zero-order valence-electron chi connectivity index (χ0n) is 14.1. The number of hydrogen-bond donors (Lipinski definition) is 0. The highest BCUT2D eigenvalue weighted by Gasteiger charge is 2.30. The molecule has 0 bridgehead atoms. The van der Waals surface area contributed by atoms with Crippen molar-refractivity contribution in [3.8, 4) is 0 Å². The lowest BCUT2D eigenvalue weighted by atomic mass is 9.68. The van der Waals surface area contributed by atoms with E-state index in [2.05, 4.69) is 54.2 Å². The summed E-state index contributed by atoms with van der Waals surface area (Å²) in [7, 11) is 1.70. The molecular formula is C18H32O. The molecule has 0 aromatic heterocycles. The van der Waals surface area contributed by atoms with Crippen molar-refractivity contribution in [3.63, 3.8) is 0 Å². The van der Waals surface area contributed by atoms with Crippen molar-refractivity contribution < 1.29 is 4.74 Å². The van der Waals surface area contributed by atoms with Crippen molar-refractivity contribution in [1.29, 1.82) is 0 Å². The molecule has 0 rings (SSSR count). The van der Waals surface area contributed by atoms with Gasteiger partial charge in [-0.3, -0.25) is 0 Å². The van der Waals surface area contributed by atoms with Crippen LogP contribution in [0.25, 0.3) is 0 Å². The van der Waals surface area contributed by atoms with Crippen molar-refractivity contribution >= 4 is 0 Å². The van der Waals surface area contributed by atoms with Gasteiger partial charge in [0.25, 0.3) is 0 Å². The van der Waals surface area contributed by atoms with E-state index in [1.54, 1.807) is 7.11 Å². The summed E-state index contributed by atoms with van der Waals surface area (Å²) in [6.45, 7) is 19.7. The molecule has 1 nitrogen and oxygen atoms in total. The third kappa shape index (κ3) is 7.25. The summed E-state index contributed by atoms with van der Waals surface area (Å²) in [6, 6.07) is 0. The molecule has 19 heavy (non-hydrogen) atoms. The highest BCUT2D eigenvalue weighted by Crippen LogP contribution is 2.40. The Morgan fingerprint density at radius 3 is 1.95 bits per heavy atom. The van der Waals surface area contributed by atoms with Crippen LogP contribution in [0.3, 0.4) is 0 Å². The first-order valence-corrected chi connectivity index (χ1v) is 7.06. The Morgan fingerprint density at radius 2 is 1.63 bits per heavy atom. The molecule has 1 atom stereocenters. The molecule has 1 unspecified atom stereocenters. The maximum absolute atomic E-state index is 5.19. The van der Waals surface area contributed by atoms with E-state index in [0.717, 1.165) is 12.2 Å². The molecule has 0 aliphatic heterocycles. The van der Waals surface area contributed by atoms with Gasteiger partial charge >= 0.3 is 0 Å². The third-order valence-electron chi connectivity index (χ3n) is 3.33. The zero-order valence-corrected chi connectivity index (χ0v) is 14.1. The number of ether oxygens (including phenoxy) is 1. The Hall–Kier alpha value is -0.980. The zero-order chi connectivity index (χ0) is 15.3. The molecule has 0 spiro atoms. The van der Waals surface area contributed by atoms with E-state index in [0.29, 0.717) is 11.3 Å². The smallest absolute Gasteiger partial charge is 0.0924 e. The van der Waals surface area contributed by atoms with E-state index in [4.69, 9.17) is 4.74 Å². The van der Waals surface area contributed by atoms with Crippen LogP contribution in [0.15, 0.2) is 36.1 Å². The van der Waals surface area contributed by atoms with Crippen molar-refractivity contribution in [2.75, 3.05) is 7.11 Å². The molecule has 0 radical (unpaired) electrons. The molecule has 0 N–H and O–H groups in total. The fourth-order valence-electron chi connectivity index (χ4n) is 2.14. The summed E-state index contributed by atoms with van der Waals surface area (Å²) in [4.78, 5) is 0. The maximum atomic E-state index is 5.19. The predicted octanol–water partition coefficient (Wildman–Crippen LogP) is 5.75. The van der Waals surface area contributed by atoms with Gasteiger partial charge in [0, 0.05) is 0 Å². The van der Waals surface area contributed by atoms with Crippen molar-refractivity contribution in [3.05, 3.63) is 36.1 Å². The average Bonchev–Trinajstić information content (AvgIpc) is 2.25. The predicted molar refractivity (Wildman–Crippen MR) is 86.1 cm³/mol. The molecule has 1 heteroatoms. The first kappa shape index (κ1) is 18.0. The topological polar surface area (TPSA) is 9.23 Å². The molecule has 0 aliphatic carbocycles. The molecular weight excluding hydrogens is 232 g/mol. The van der Waals surface area contributed by atoms with Gasteiger partial charge in [0.15, 0.2) is 0 Å². The van der Waals surface area contributed by atoms with E-state index in [9.17, 15) is 0 Å². The number of methoxy groups -OCH3 is 1. The van der Waals surface area contributed by atoms with Crippen LogP contribution >= 0.6 is 0 Å². The minimum absolute atomic E-state index is 0.224. The minimum atomic E-state index is 0.224. The third-order valence-corrected chi connectivity index (χ3v) is 3.33. The summed E-state index contributed by atoms with van der Waals surface area (Å²) < 4.78 is 5.19. The standard InChI is InChI=1S/C18H32O/c1-10-15(12-11-14(2)19-9)16(18(6,7)8)13-17(3,4)5/h10-12,16H,1,13H2,2-9H3. The summed E-state index contributed by atoms with van der Waals surface area (Å²) in [6.07, 6.45) is 7.31. The normalized spacial score (nSPS) is 16.2. The molecule has 0 saturated carbocycles.